The molecule has 2 aromatic carbocycles. The lowest BCUT2D eigenvalue weighted by molar-refractivity contribution is 0.0926. The van der Waals surface area contributed by atoms with Crippen LogP contribution in [0.3, 0.4) is 0 Å². The summed E-state index contributed by atoms with van der Waals surface area (Å²) in [4.78, 5) is 23.5. The highest BCUT2D eigenvalue weighted by Gasteiger charge is 2.07. The van der Waals surface area contributed by atoms with Gasteiger partial charge in [0.15, 0.2) is 5.76 Å². The van der Waals surface area contributed by atoms with Crippen LogP contribution in [0.15, 0.2) is 59.2 Å². The van der Waals surface area contributed by atoms with Gasteiger partial charge in [0.2, 0.25) is 0 Å². The largest absolute Gasteiger partial charge is 0.497 e. The second kappa shape index (κ2) is 8.75. The predicted octanol–water partition coefficient (Wildman–Crippen LogP) is 2.67. The molecular formula is C20H21N3O4. The Morgan fingerprint density at radius 2 is 1.74 bits per heavy atom. The number of rotatable bonds is 7. The molecule has 140 valence electrons. The minimum Gasteiger partial charge on any atom is -0.497 e. The van der Waals surface area contributed by atoms with E-state index in [1.165, 1.54) is 6.26 Å². The molecule has 1 heterocycles. The lowest BCUT2D eigenvalue weighted by Gasteiger charge is -2.09. The van der Waals surface area contributed by atoms with Gasteiger partial charge in [0, 0.05) is 19.6 Å². The number of methoxy groups -OCH3 is 1. The molecule has 0 fully saturated rings. The van der Waals surface area contributed by atoms with E-state index in [1.54, 1.807) is 19.2 Å². The third kappa shape index (κ3) is 5.01. The molecule has 0 saturated heterocycles. The van der Waals surface area contributed by atoms with Gasteiger partial charge in [-0.15, -0.1) is 0 Å². The van der Waals surface area contributed by atoms with Crippen molar-refractivity contribution in [3.8, 4) is 5.75 Å². The highest BCUT2D eigenvalue weighted by atomic mass is 16.5. The van der Waals surface area contributed by atoms with E-state index in [0.717, 1.165) is 22.1 Å². The van der Waals surface area contributed by atoms with Crippen LogP contribution in [-0.4, -0.2) is 32.1 Å². The minimum absolute atomic E-state index is 0.244. The van der Waals surface area contributed by atoms with Gasteiger partial charge in [-0.05, 0) is 46.7 Å². The average molecular weight is 367 g/mol. The first-order valence-electron chi connectivity index (χ1n) is 8.56. The number of benzene rings is 2. The number of hydrogen-bond acceptors (Lipinski definition) is 4. The van der Waals surface area contributed by atoms with Crippen molar-refractivity contribution in [3.63, 3.8) is 0 Å². The van der Waals surface area contributed by atoms with E-state index in [4.69, 9.17) is 9.15 Å². The molecule has 0 atom stereocenters. The Kier molecular flexibility index (Phi) is 5.94. The summed E-state index contributed by atoms with van der Waals surface area (Å²) in [7, 11) is 1.64. The van der Waals surface area contributed by atoms with Gasteiger partial charge in [-0.2, -0.15) is 0 Å². The van der Waals surface area contributed by atoms with Crippen LogP contribution in [-0.2, 0) is 6.54 Å². The van der Waals surface area contributed by atoms with E-state index < -0.39 is 0 Å². The summed E-state index contributed by atoms with van der Waals surface area (Å²) in [5, 5.41) is 10.3. The molecule has 0 saturated carbocycles. The third-order valence-electron chi connectivity index (χ3n) is 4.01. The summed E-state index contributed by atoms with van der Waals surface area (Å²) in [5.74, 6) is 0.746. The topological polar surface area (TPSA) is 92.6 Å². The summed E-state index contributed by atoms with van der Waals surface area (Å²) in [6, 6.07) is 14.8. The van der Waals surface area contributed by atoms with Gasteiger partial charge >= 0.3 is 6.03 Å². The van der Waals surface area contributed by atoms with Gasteiger partial charge in [-0.1, -0.05) is 18.2 Å². The van der Waals surface area contributed by atoms with Crippen LogP contribution >= 0.6 is 0 Å². The molecule has 7 heteroatoms. The SMILES string of the molecule is COc1ccc2cc(CNC(=O)NCCNC(=O)c3ccco3)ccc2c1. The number of nitrogens with one attached hydrogen (secondary N) is 3. The summed E-state index contributed by atoms with van der Waals surface area (Å²) in [6.07, 6.45) is 1.43. The molecule has 7 nitrogen and oxygen atoms in total. The number of amides is 3. The van der Waals surface area contributed by atoms with E-state index >= 15 is 0 Å². The average Bonchev–Trinajstić information content (AvgIpc) is 3.24. The molecule has 0 aliphatic rings. The van der Waals surface area contributed by atoms with Crippen molar-refractivity contribution in [2.75, 3.05) is 20.2 Å². The van der Waals surface area contributed by atoms with Crippen molar-refractivity contribution < 1.29 is 18.7 Å². The van der Waals surface area contributed by atoms with Gasteiger partial charge in [-0.3, -0.25) is 4.79 Å². The Hall–Kier alpha value is -3.48. The molecule has 0 radical (unpaired) electrons. The lowest BCUT2D eigenvalue weighted by atomic mass is 10.1. The summed E-state index contributed by atoms with van der Waals surface area (Å²) < 4.78 is 10.2. The van der Waals surface area contributed by atoms with E-state index in [1.807, 2.05) is 36.4 Å². The van der Waals surface area contributed by atoms with E-state index in [-0.39, 0.29) is 17.7 Å². The maximum atomic E-state index is 11.9. The number of carbonyl (C=O) groups is 2. The lowest BCUT2D eigenvalue weighted by Crippen LogP contribution is -2.39. The van der Waals surface area contributed by atoms with Crippen LogP contribution < -0.4 is 20.7 Å². The van der Waals surface area contributed by atoms with Crippen molar-refractivity contribution in [1.29, 1.82) is 0 Å². The van der Waals surface area contributed by atoms with Crippen molar-refractivity contribution in [3.05, 3.63) is 66.1 Å². The van der Waals surface area contributed by atoms with E-state index in [9.17, 15) is 9.59 Å². The quantitative estimate of drug-likeness (QED) is 0.560. The zero-order valence-corrected chi connectivity index (χ0v) is 15.0. The summed E-state index contributed by atoms with van der Waals surface area (Å²) in [5.41, 5.74) is 0.994. The van der Waals surface area contributed by atoms with E-state index in [2.05, 4.69) is 16.0 Å². The van der Waals surface area contributed by atoms with Gasteiger partial charge in [0.1, 0.15) is 5.75 Å². The van der Waals surface area contributed by atoms with Gasteiger partial charge < -0.3 is 25.1 Å². The molecule has 3 aromatic rings. The molecular weight excluding hydrogens is 346 g/mol. The molecule has 3 rings (SSSR count). The van der Waals surface area contributed by atoms with Gasteiger partial charge in [-0.25, -0.2) is 4.79 Å². The first kappa shape index (κ1) is 18.3. The minimum atomic E-state index is -0.310. The second-order valence-electron chi connectivity index (χ2n) is 5.89. The highest BCUT2D eigenvalue weighted by Crippen LogP contribution is 2.21. The number of fused-ring (bicyclic) bond motifs is 1. The number of ether oxygens (including phenoxy) is 1. The molecule has 0 aliphatic heterocycles. The second-order valence-corrected chi connectivity index (χ2v) is 5.89. The fourth-order valence-electron chi connectivity index (χ4n) is 2.60. The maximum Gasteiger partial charge on any atom is 0.315 e. The zero-order chi connectivity index (χ0) is 19.1. The molecule has 0 bridgehead atoms. The van der Waals surface area contributed by atoms with E-state index in [0.29, 0.717) is 19.6 Å². The van der Waals surface area contributed by atoms with Crippen LogP contribution in [0.1, 0.15) is 16.1 Å². The Morgan fingerprint density at radius 1 is 0.963 bits per heavy atom. The van der Waals surface area contributed by atoms with Crippen LogP contribution in [0.2, 0.25) is 0 Å². The predicted molar refractivity (Wildman–Crippen MR) is 102 cm³/mol. The molecule has 27 heavy (non-hydrogen) atoms. The smallest absolute Gasteiger partial charge is 0.315 e. The van der Waals surface area contributed by atoms with Crippen molar-refractivity contribution in [2.24, 2.45) is 0 Å². The van der Waals surface area contributed by atoms with Gasteiger partial charge in [0.25, 0.3) is 5.91 Å². The molecule has 0 aliphatic carbocycles. The Morgan fingerprint density at radius 3 is 2.52 bits per heavy atom. The fraction of sp³-hybridized carbons (Fsp3) is 0.200. The summed E-state index contributed by atoms with van der Waals surface area (Å²) >= 11 is 0. The van der Waals surface area contributed by atoms with Crippen molar-refractivity contribution >= 4 is 22.7 Å². The normalized spacial score (nSPS) is 10.4. The van der Waals surface area contributed by atoms with Gasteiger partial charge in [0.05, 0.1) is 13.4 Å². The third-order valence-corrected chi connectivity index (χ3v) is 4.01. The monoisotopic (exact) mass is 367 g/mol. The highest BCUT2D eigenvalue weighted by molar-refractivity contribution is 5.91. The number of furan rings is 1. The first-order chi connectivity index (χ1) is 13.2. The Balaban J connectivity index is 1.41. The standard InChI is InChI=1S/C20H21N3O4/c1-26-17-7-6-15-11-14(4-5-16(15)12-17)13-23-20(25)22-9-8-21-19(24)18-3-2-10-27-18/h2-7,10-12H,8-9,13H2,1H3,(H,21,24)(H2,22,23,25). The Labute approximate surface area is 156 Å². The van der Waals surface area contributed by atoms with Crippen molar-refractivity contribution in [1.82, 2.24) is 16.0 Å². The number of hydrogen-bond donors (Lipinski definition) is 3. The molecule has 0 spiro atoms. The molecule has 3 N–H and O–H groups in total. The van der Waals surface area contributed by atoms with Crippen LogP contribution in [0, 0.1) is 0 Å². The summed E-state index contributed by atoms with van der Waals surface area (Å²) in [6.45, 7) is 1.03. The zero-order valence-electron chi connectivity index (χ0n) is 15.0. The molecule has 1 aromatic heterocycles. The number of urea groups is 1. The maximum absolute atomic E-state index is 11.9. The van der Waals surface area contributed by atoms with Crippen LogP contribution in [0.25, 0.3) is 10.8 Å². The van der Waals surface area contributed by atoms with Crippen LogP contribution in [0.4, 0.5) is 4.79 Å². The molecule has 3 amide bonds. The molecule has 0 unspecified atom stereocenters. The fourth-order valence-corrected chi connectivity index (χ4v) is 2.60. The van der Waals surface area contributed by atoms with Crippen LogP contribution in [0.5, 0.6) is 5.75 Å². The first-order valence-corrected chi connectivity index (χ1v) is 8.56. The Bertz CT molecular complexity index is 922. The number of carbonyl (C=O) groups excluding carboxylic acids is 2. The van der Waals surface area contributed by atoms with Crippen molar-refractivity contribution in [2.45, 2.75) is 6.54 Å².